The van der Waals surface area contributed by atoms with E-state index in [1.165, 1.54) is 0 Å². The Morgan fingerprint density at radius 2 is 2.35 bits per heavy atom. The van der Waals surface area contributed by atoms with Gasteiger partial charge in [-0.1, -0.05) is 6.92 Å². The molecule has 2 heterocycles. The smallest absolute Gasteiger partial charge is 0.203 e. The Morgan fingerprint density at radius 1 is 1.59 bits per heavy atom. The molecule has 0 amide bonds. The van der Waals surface area contributed by atoms with Crippen molar-refractivity contribution in [2.24, 2.45) is 7.05 Å². The first-order valence-electron chi connectivity index (χ1n) is 5.36. The minimum Gasteiger partial charge on any atom is -0.342 e. The number of nitrogens with zero attached hydrogens (tertiary/aromatic N) is 3. The van der Waals surface area contributed by atoms with E-state index < -0.39 is 0 Å². The first-order valence-corrected chi connectivity index (χ1v) is 6.15. The van der Waals surface area contributed by atoms with Gasteiger partial charge >= 0.3 is 0 Å². The molecule has 90 valence electrons. The second kappa shape index (κ2) is 4.83. The first kappa shape index (κ1) is 12.0. The summed E-state index contributed by atoms with van der Waals surface area (Å²) in [7, 11) is 1.84. The number of aromatic amines is 1. The van der Waals surface area contributed by atoms with E-state index in [0.29, 0.717) is 5.82 Å². The molecule has 2 aromatic rings. The molecule has 0 saturated carbocycles. The number of Topliss-reactive ketones (excluding diaryl/α,β-unsaturated/α-hetero) is 1. The monoisotopic (exact) mass is 296 g/mol. The van der Waals surface area contributed by atoms with Crippen LogP contribution in [-0.4, -0.2) is 25.5 Å². The maximum absolute atomic E-state index is 11.9. The Bertz CT molecular complexity index is 530. The number of aromatic nitrogens is 4. The number of imidazole rings is 1. The van der Waals surface area contributed by atoms with Crippen molar-refractivity contribution in [1.82, 2.24) is 19.7 Å². The maximum Gasteiger partial charge on any atom is 0.203 e. The van der Waals surface area contributed by atoms with Crippen molar-refractivity contribution < 1.29 is 4.79 Å². The van der Waals surface area contributed by atoms with Gasteiger partial charge in [-0.2, -0.15) is 5.10 Å². The molecule has 0 unspecified atom stereocenters. The van der Waals surface area contributed by atoms with Crippen LogP contribution in [-0.2, 0) is 19.9 Å². The van der Waals surface area contributed by atoms with Gasteiger partial charge in [0, 0.05) is 19.4 Å². The van der Waals surface area contributed by atoms with Crippen LogP contribution in [0.3, 0.4) is 0 Å². The normalized spacial score (nSPS) is 10.8. The van der Waals surface area contributed by atoms with Gasteiger partial charge in [0.05, 0.1) is 22.3 Å². The Hall–Kier alpha value is -1.43. The SMILES string of the molecule is CCc1nn(C)c(CC(=O)c2ncc[nH]2)c1Br. The van der Waals surface area contributed by atoms with Crippen molar-refractivity contribution in [3.05, 3.63) is 34.1 Å². The van der Waals surface area contributed by atoms with Crippen LogP contribution < -0.4 is 0 Å². The molecule has 0 saturated heterocycles. The molecule has 0 atom stereocenters. The molecule has 0 aromatic carbocycles. The third-order valence-corrected chi connectivity index (χ3v) is 3.51. The van der Waals surface area contributed by atoms with Gasteiger partial charge in [-0.25, -0.2) is 4.98 Å². The minimum absolute atomic E-state index is 0.0404. The van der Waals surface area contributed by atoms with E-state index >= 15 is 0 Å². The highest BCUT2D eigenvalue weighted by Crippen LogP contribution is 2.22. The lowest BCUT2D eigenvalue weighted by Crippen LogP contribution is -2.09. The fourth-order valence-electron chi connectivity index (χ4n) is 1.67. The number of aryl methyl sites for hydroxylation is 2. The topological polar surface area (TPSA) is 63.6 Å². The van der Waals surface area contributed by atoms with Crippen LogP contribution >= 0.6 is 15.9 Å². The molecule has 1 N–H and O–H groups in total. The van der Waals surface area contributed by atoms with Crippen LogP contribution in [0.2, 0.25) is 0 Å². The van der Waals surface area contributed by atoms with Crippen molar-refractivity contribution in [3.8, 4) is 0 Å². The van der Waals surface area contributed by atoms with E-state index in [9.17, 15) is 4.79 Å². The summed E-state index contributed by atoms with van der Waals surface area (Å²) >= 11 is 3.49. The third-order valence-electron chi connectivity index (χ3n) is 2.59. The van der Waals surface area contributed by atoms with Gasteiger partial charge in [0.2, 0.25) is 5.78 Å². The Kier molecular flexibility index (Phi) is 3.42. The number of H-pyrrole nitrogens is 1. The number of hydrogen-bond acceptors (Lipinski definition) is 3. The number of carbonyl (C=O) groups excluding carboxylic acids is 1. The second-order valence-electron chi connectivity index (χ2n) is 3.72. The molecule has 0 bridgehead atoms. The molecule has 0 spiro atoms. The summed E-state index contributed by atoms with van der Waals surface area (Å²) in [5.41, 5.74) is 1.85. The van der Waals surface area contributed by atoms with Crippen molar-refractivity contribution in [2.45, 2.75) is 19.8 Å². The summed E-state index contributed by atoms with van der Waals surface area (Å²) in [6.45, 7) is 2.03. The van der Waals surface area contributed by atoms with Gasteiger partial charge in [0.25, 0.3) is 0 Å². The number of hydrogen-bond donors (Lipinski definition) is 1. The van der Waals surface area contributed by atoms with Crippen LogP contribution in [0.5, 0.6) is 0 Å². The van der Waals surface area contributed by atoms with Crippen LogP contribution in [0.4, 0.5) is 0 Å². The van der Waals surface area contributed by atoms with Crippen LogP contribution in [0.25, 0.3) is 0 Å². The highest BCUT2D eigenvalue weighted by Gasteiger charge is 2.17. The van der Waals surface area contributed by atoms with Gasteiger partial charge in [-0.3, -0.25) is 9.48 Å². The quantitative estimate of drug-likeness (QED) is 0.877. The molecule has 6 heteroatoms. The lowest BCUT2D eigenvalue weighted by molar-refractivity contribution is 0.0981. The molecule has 5 nitrogen and oxygen atoms in total. The minimum atomic E-state index is -0.0404. The van der Waals surface area contributed by atoms with Crippen LogP contribution in [0, 0.1) is 0 Å². The average Bonchev–Trinajstić information content (AvgIpc) is 2.92. The molecule has 0 aliphatic rings. The highest BCUT2D eigenvalue weighted by atomic mass is 79.9. The van der Waals surface area contributed by atoms with Gasteiger partial charge < -0.3 is 4.98 Å². The summed E-state index contributed by atoms with van der Waals surface area (Å²) in [4.78, 5) is 18.7. The zero-order valence-corrected chi connectivity index (χ0v) is 11.3. The molecule has 17 heavy (non-hydrogen) atoms. The molecule has 2 aromatic heterocycles. The van der Waals surface area contributed by atoms with Gasteiger partial charge in [-0.15, -0.1) is 0 Å². The molecule has 0 aliphatic carbocycles. The summed E-state index contributed by atoms with van der Waals surface area (Å²) in [6, 6.07) is 0. The number of ketones is 1. The number of nitrogens with one attached hydrogen (secondary N) is 1. The Balaban J connectivity index is 2.25. The van der Waals surface area contributed by atoms with E-state index in [1.807, 2.05) is 14.0 Å². The lowest BCUT2D eigenvalue weighted by Gasteiger charge is -2.00. The molecule has 2 rings (SSSR count). The fraction of sp³-hybridized carbons (Fsp3) is 0.364. The van der Waals surface area contributed by atoms with Crippen LogP contribution in [0.15, 0.2) is 16.9 Å². The largest absolute Gasteiger partial charge is 0.342 e. The third kappa shape index (κ3) is 2.31. The number of halogens is 1. The van der Waals surface area contributed by atoms with E-state index in [-0.39, 0.29) is 12.2 Å². The molecule has 0 aliphatic heterocycles. The van der Waals surface area contributed by atoms with E-state index in [2.05, 4.69) is 31.0 Å². The highest BCUT2D eigenvalue weighted by molar-refractivity contribution is 9.10. The van der Waals surface area contributed by atoms with Gasteiger partial charge in [-0.05, 0) is 22.4 Å². The van der Waals surface area contributed by atoms with E-state index in [4.69, 9.17) is 0 Å². The van der Waals surface area contributed by atoms with E-state index in [1.54, 1.807) is 17.1 Å². The first-order chi connectivity index (χ1) is 8.13. The molecular formula is C11H13BrN4O. The Morgan fingerprint density at radius 3 is 2.88 bits per heavy atom. The molecule has 0 radical (unpaired) electrons. The van der Waals surface area contributed by atoms with E-state index in [0.717, 1.165) is 22.3 Å². The predicted octanol–water partition coefficient (Wildman–Crippen LogP) is 1.89. The molecule has 0 fully saturated rings. The Labute approximate surface area is 107 Å². The zero-order valence-electron chi connectivity index (χ0n) is 9.70. The molecular weight excluding hydrogens is 284 g/mol. The number of carbonyl (C=O) groups is 1. The summed E-state index contributed by atoms with van der Waals surface area (Å²) in [5.74, 6) is 0.345. The summed E-state index contributed by atoms with van der Waals surface area (Å²) in [5, 5.41) is 4.35. The predicted molar refractivity (Wildman–Crippen MR) is 66.9 cm³/mol. The fourth-order valence-corrected chi connectivity index (χ4v) is 2.42. The lowest BCUT2D eigenvalue weighted by atomic mass is 10.2. The van der Waals surface area contributed by atoms with Crippen molar-refractivity contribution in [2.75, 3.05) is 0 Å². The summed E-state index contributed by atoms with van der Waals surface area (Å²) in [6.07, 6.45) is 4.34. The zero-order chi connectivity index (χ0) is 12.4. The average molecular weight is 297 g/mol. The van der Waals surface area contributed by atoms with Crippen molar-refractivity contribution in [3.63, 3.8) is 0 Å². The number of rotatable bonds is 4. The summed E-state index contributed by atoms with van der Waals surface area (Å²) < 4.78 is 2.66. The second-order valence-corrected chi connectivity index (χ2v) is 4.52. The van der Waals surface area contributed by atoms with Gasteiger partial charge in [0.1, 0.15) is 0 Å². The standard InChI is InChI=1S/C11H13BrN4O/c1-3-7-10(12)8(16(2)15-7)6-9(17)11-13-4-5-14-11/h4-5H,3,6H2,1-2H3,(H,13,14). The van der Waals surface area contributed by atoms with Crippen molar-refractivity contribution >= 4 is 21.7 Å². The van der Waals surface area contributed by atoms with Gasteiger partial charge in [0.15, 0.2) is 5.82 Å². The van der Waals surface area contributed by atoms with Crippen molar-refractivity contribution in [1.29, 1.82) is 0 Å². The van der Waals surface area contributed by atoms with Crippen LogP contribution in [0.1, 0.15) is 28.9 Å². The maximum atomic E-state index is 11.9.